The van der Waals surface area contributed by atoms with Crippen LogP contribution in [0, 0.1) is 0 Å². The zero-order chi connectivity index (χ0) is 12.8. The minimum Gasteiger partial charge on any atom is -0.314 e. The van der Waals surface area contributed by atoms with Crippen LogP contribution in [0.1, 0.15) is 31.2 Å². The van der Waals surface area contributed by atoms with Gasteiger partial charge in [-0.15, -0.1) is 0 Å². The molecule has 0 aromatic heterocycles. The summed E-state index contributed by atoms with van der Waals surface area (Å²) >= 11 is 6.16. The van der Waals surface area contributed by atoms with Gasteiger partial charge in [-0.3, -0.25) is 0 Å². The largest absolute Gasteiger partial charge is 0.314 e. The van der Waals surface area contributed by atoms with Crippen LogP contribution < -0.4 is 5.32 Å². The van der Waals surface area contributed by atoms with Crippen molar-refractivity contribution >= 4 is 11.6 Å². The van der Waals surface area contributed by atoms with Gasteiger partial charge in [0.1, 0.15) is 0 Å². The molecule has 100 valence electrons. The summed E-state index contributed by atoms with van der Waals surface area (Å²) in [4.78, 5) is 2.35. The van der Waals surface area contributed by atoms with E-state index in [0.29, 0.717) is 0 Å². The van der Waals surface area contributed by atoms with E-state index >= 15 is 0 Å². The Labute approximate surface area is 115 Å². The van der Waals surface area contributed by atoms with Crippen LogP contribution in [0.2, 0.25) is 5.02 Å². The highest BCUT2D eigenvalue weighted by Gasteiger charge is 2.19. The summed E-state index contributed by atoms with van der Waals surface area (Å²) in [5.74, 6) is 0. The molecule has 0 saturated heterocycles. The van der Waals surface area contributed by atoms with E-state index in [1.54, 1.807) is 0 Å². The van der Waals surface area contributed by atoms with Gasteiger partial charge in [0.05, 0.1) is 0 Å². The fourth-order valence-corrected chi connectivity index (χ4v) is 2.29. The number of benzene rings is 1. The van der Waals surface area contributed by atoms with Crippen molar-refractivity contribution < 1.29 is 0 Å². The van der Waals surface area contributed by atoms with Crippen molar-refractivity contribution in [3.63, 3.8) is 0 Å². The highest BCUT2D eigenvalue weighted by Crippen LogP contribution is 2.18. The van der Waals surface area contributed by atoms with Crippen molar-refractivity contribution in [2.45, 2.75) is 38.3 Å². The molecule has 0 aliphatic heterocycles. The second-order valence-corrected chi connectivity index (χ2v) is 5.67. The predicted octanol–water partition coefficient (Wildman–Crippen LogP) is 3.30. The maximum atomic E-state index is 6.16. The molecule has 0 radical (unpaired) electrons. The highest BCUT2D eigenvalue weighted by atomic mass is 35.5. The first kappa shape index (κ1) is 13.9. The molecule has 1 N–H and O–H groups in total. The van der Waals surface area contributed by atoms with Crippen molar-refractivity contribution in [1.29, 1.82) is 0 Å². The van der Waals surface area contributed by atoms with Gasteiger partial charge in [0, 0.05) is 17.6 Å². The predicted molar refractivity (Wildman–Crippen MR) is 78.0 cm³/mol. The minimum absolute atomic E-state index is 0.839. The third-order valence-electron chi connectivity index (χ3n) is 3.38. The molecule has 1 aliphatic rings. The number of hydrogen-bond acceptors (Lipinski definition) is 2. The molecule has 2 rings (SSSR count). The fraction of sp³-hybridized carbons (Fsp3) is 0.600. The van der Waals surface area contributed by atoms with Gasteiger partial charge < -0.3 is 10.2 Å². The number of unbranched alkanes of at least 4 members (excludes halogenated alkanes) is 1. The summed E-state index contributed by atoms with van der Waals surface area (Å²) in [7, 11) is 2.16. The van der Waals surface area contributed by atoms with Crippen LogP contribution in [0.15, 0.2) is 24.3 Å². The molecule has 1 saturated carbocycles. The van der Waals surface area contributed by atoms with Crippen LogP contribution in [0.5, 0.6) is 0 Å². The number of nitrogens with zero attached hydrogens (tertiary/aromatic N) is 1. The fourth-order valence-electron chi connectivity index (χ4n) is 2.10. The number of hydrogen-bond donors (Lipinski definition) is 1. The SMILES string of the molecule is CN(CCCCNC1CC1)Cc1ccccc1Cl. The van der Waals surface area contributed by atoms with Crippen molar-refractivity contribution in [2.75, 3.05) is 20.1 Å². The Bertz CT molecular complexity index is 363. The van der Waals surface area contributed by atoms with Crippen LogP contribution in [0.4, 0.5) is 0 Å². The van der Waals surface area contributed by atoms with E-state index in [2.05, 4.69) is 29.4 Å². The number of halogens is 1. The van der Waals surface area contributed by atoms with Crippen molar-refractivity contribution in [3.05, 3.63) is 34.9 Å². The van der Waals surface area contributed by atoms with Crippen molar-refractivity contribution in [1.82, 2.24) is 10.2 Å². The summed E-state index contributed by atoms with van der Waals surface area (Å²) in [6.07, 6.45) is 5.28. The van der Waals surface area contributed by atoms with Crippen molar-refractivity contribution in [2.24, 2.45) is 0 Å². The van der Waals surface area contributed by atoms with Gasteiger partial charge in [-0.05, 0) is 57.5 Å². The molecule has 1 fully saturated rings. The summed E-state index contributed by atoms with van der Waals surface area (Å²) in [5, 5.41) is 4.42. The summed E-state index contributed by atoms with van der Waals surface area (Å²) in [6.45, 7) is 3.25. The number of rotatable bonds is 8. The summed E-state index contributed by atoms with van der Waals surface area (Å²) in [5.41, 5.74) is 1.22. The Kier molecular flexibility index (Phi) is 5.48. The molecule has 0 amide bonds. The average Bonchev–Trinajstić information content (AvgIpc) is 3.16. The second kappa shape index (κ2) is 7.13. The van der Waals surface area contributed by atoms with Gasteiger partial charge in [-0.1, -0.05) is 29.8 Å². The third-order valence-corrected chi connectivity index (χ3v) is 3.74. The van der Waals surface area contributed by atoms with Gasteiger partial charge in [0.25, 0.3) is 0 Å². The lowest BCUT2D eigenvalue weighted by Gasteiger charge is -2.17. The van der Waals surface area contributed by atoms with Gasteiger partial charge in [0.2, 0.25) is 0 Å². The van der Waals surface area contributed by atoms with Gasteiger partial charge in [-0.2, -0.15) is 0 Å². The summed E-state index contributed by atoms with van der Waals surface area (Å²) in [6, 6.07) is 8.94. The Morgan fingerprint density at radius 1 is 1.28 bits per heavy atom. The molecule has 0 unspecified atom stereocenters. The zero-order valence-electron chi connectivity index (χ0n) is 11.2. The smallest absolute Gasteiger partial charge is 0.0451 e. The van der Waals surface area contributed by atoms with E-state index in [4.69, 9.17) is 11.6 Å². The molecule has 0 spiro atoms. The maximum absolute atomic E-state index is 6.16. The third kappa shape index (κ3) is 4.97. The van der Waals surface area contributed by atoms with Crippen LogP contribution in [0.3, 0.4) is 0 Å². The summed E-state index contributed by atoms with van der Waals surface area (Å²) < 4.78 is 0. The molecule has 1 aliphatic carbocycles. The molecule has 1 aromatic carbocycles. The first-order valence-electron chi connectivity index (χ1n) is 6.91. The molecule has 0 atom stereocenters. The molecule has 2 nitrogen and oxygen atoms in total. The Morgan fingerprint density at radius 2 is 2.06 bits per heavy atom. The van der Waals surface area contributed by atoms with Crippen LogP contribution in [-0.2, 0) is 6.54 Å². The molecular weight excluding hydrogens is 244 g/mol. The monoisotopic (exact) mass is 266 g/mol. The van der Waals surface area contributed by atoms with Crippen molar-refractivity contribution in [3.8, 4) is 0 Å². The molecular formula is C15H23ClN2. The van der Waals surface area contributed by atoms with Gasteiger partial charge in [0.15, 0.2) is 0 Å². The van der Waals surface area contributed by atoms with E-state index in [1.165, 1.54) is 37.8 Å². The molecule has 3 heteroatoms. The average molecular weight is 267 g/mol. The lowest BCUT2D eigenvalue weighted by molar-refractivity contribution is 0.317. The van der Waals surface area contributed by atoms with Gasteiger partial charge in [-0.25, -0.2) is 0 Å². The Balaban J connectivity index is 1.59. The van der Waals surface area contributed by atoms with E-state index in [-0.39, 0.29) is 0 Å². The van der Waals surface area contributed by atoms with Crippen LogP contribution in [-0.4, -0.2) is 31.1 Å². The molecule has 0 heterocycles. The minimum atomic E-state index is 0.839. The Hall–Kier alpha value is -0.570. The first-order chi connectivity index (χ1) is 8.75. The topological polar surface area (TPSA) is 15.3 Å². The second-order valence-electron chi connectivity index (χ2n) is 5.26. The molecule has 1 aromatic rings. The first-order valence-corrected chi connectivity index (χ1v) is 7.29. The van der Waals surface area contributed by atoms with E-state index in [0.717, 1.165) is 24.2 Å². The quantitative estimate of drug-likeness (QED) is 0.727. The van der Waals surface area contributed by atoms with Crippen LogP contribution in [0.25, 0.3) is 0 Å². The highest BCUT2D eigenvalue weighted by molar-refractivity contribution is 6.31. The maximum Gasteiger partial charge on any atom is 0.0451 e. The standard InChI is InChI=1S/C15H23ClN2/c1-18(11-5-4-10-17-14-8-9-14)12-13-6-2-3-7-15(13)16/h2-3,6-7,14,17H,4-5,8-12H2,1H3. The lowest BCUT2D eigenvalue weighted by atomic mass is 10.2. The van der Waals surface area contributed by atoms with E-state index in [9.17, 15) is 0 Å². The Morgan fingerprint density at radius 3 is 2.78 bits per heavy atom. The normalized spacial score (nSPS) is 15.3. The lowest BCUT2D eigenvalue weighted by Crippen LogP contribution is -2.22. The van der Waals surface area contributed by atoms with Gasteiger partial charge >= 0.3 is 0 Å². The van der Waals surface area contributed by atoms with E-state index < -0.39 is 0 Å². The van der Waals surface area contributed by atoms with E-state index in [1.807, 2.05) is 12.1 Å². The molecule has 18 heavy (non-hydrogen) atoms. The number of nitrogens with one attached hydrogen (secondary N) is 1. The molecule has 0 bridgehead atoms. The zero-order valence-corrected chi connectivity index (χ0v) is 11.9. The van der Waals surface area contributed by atoms with Crippen LogP contribution >= 0.6 is 11.6 Å².